The van der Waals surface area contributed by atoms with E-state index in [1.807, 2.05) is 43.3 Å². The van der Waals surface area contributed by atoms with Gasteiger partial charge in [0.05, 0.1) is 32.4 Å². The standard InChI is InChI=1S/C30H25ClN2O5S/c1-18-7-9-19(10-8-18)15-20-11-13-23-28(22-5-3-4-6-25(22)33-29(20)23)30(35)38-17-27(34)32-26-16-21(39(2,36)37)12-14-24(26)31/h3-10,12,14-16H,11,13,17H2,1-2H3,(H,32,34)/b20-15+. The fourth-order valence-electron chi connectivity index (χ4n) is 4.60. The second-order valence-corrected chi connectivity index (χ2v) is 11.9. The highest BCUT2D eigenvalue weighted by molar-refractivity contribution is 7.90. The van der Waals surface area contributed by atoms with Crippen LogP contribution in [0.15, 0.2) is 71.6 Å². The Bertz CT molecular complexity index is 1760. The van der Waals surface area contributed by atoms with Crippen molar-refractivity contribution in [1.82, 2.24) is 4.98 Å². The van der Waals surface area contributed by atoms with E-state index in [9.17, 15) is 18.0 Å². The van der Waals surface area contributed by atoms with Crippen molar-refractivity contribution >= 4 is 61.6 Å². The molecule has 0 saturated carbocycles. The average Bonchev–Trinajstić information content (AvgIpc) is 3.29. The van der Waals surface area contributed by atoms with Crippen molar-refractivity contribution in [2.75, 3.05) is 18.2 Å². The van der Waals surface area contributed by atoms with Gasteiger partial charge in [-0.2, -0.15) is 0 Å². The first-order valence-corrected chi connectivity index (χ1v) is 14.5. The zero-order chi connectivity index (χ0) is 27.7. The first-order valence-electron chi connectivity index (χ1n) is 12.3. The normalized spacial score (nSPS) is 13.9. The van der Waals surface area contributed by atoms with Gasteiger partial charge in [0.15, 0.2) is 16.4 Å². The van der Waals surface area contributed by atoms with Crippen molar-refractivity contribution < 1.29 is 22.7 Å². The van der Waals surface area contributed by atoms with Crippen molar-refractivity contribution in [3.63, 3.8) is 0 Å². The Kier molecular flexibility index (Phi) is 7.25. The van der Waals surface area contributed by atoms with Crippen LogP contribution in [-0.2, 0) is 25.8 Å². The van der Waals surface area contributed by atoms with Crippen LogP contribution >= 0.6 is 11.6 Å². The Morgan fingerprint density at radius 1 is 1.05 bits per heavy atom. The maximum atomic E-state index is 13.4. The highest BCUT2D eigenvalue weighted by atomic mass is 35.5. The number of para-hydroxylation sites is 1. The number of aryl methyl sites for hydroxylation is 1. The van der Waals surface area contributed by atoms with Crippen LogP contribution in [-0.4, -0.2) is 38.1 Å². The van der Waals surface area contributed by atoms with Crippen LogP contribution in [0.5, 0.6) is 0 Å². The third-order valence-electron chi connectivity index (χ3n) is 6.54. The molecule has 1 N–H and O–H groups in total. The number of hydrogen-bond acceptors (Lipinski definition) is 6. The van der Waals surface area contributed by atoms with Crippen LogP contribution in [0.25, 0.3) is 22.6 Å². The number of nitrogens with zero attached hydrogens (tertiary/aromatic N) is 1. The summed E-state index contributed by atoms with van der Waals surface area (Å²) >= 11 is 6.13. The highest BCUT2D eigenvalue weighted by Crippen LogP contribution is 2.38. The molecule has 39 heavy (non-hydrogen) atoms. The number of ether oxygens (including phenoxy) is 1. The molecule has 198 valence electrons. The summed E-state index contributed by atoms with van der Waals surface area (Å²) < 4.78 is 29.2. The third kappa shape index (κ3) is 5.72. The lowest BCUT2D eigenvalue weighted by atomic mass is 10.0. The molecule has 0 spiro atoms. The number of aromatic nitrogens is 1. The van der Waals surface area contributed by atoms with E-state index >= 15 is 0 Å². The van der Waals surface area contributed by atoms with E-state index in [1.54, 1.807) is 0 Å². The number of hydrogen-bond donors (Lipinski definition) is 1. The van der Waals surface area contributed by atoms with Gasteiger partial charge in [0.2, 0.25) is 0 Å². The molecule has 1 aliphatic carbocycles. The van der Waals surface area contributed by atoms with Gasteiger partial charge in [-0.15, -0.1) is 0 Å². The quantitative estimate of drug-likeness (QED) is 0.295. The maximum Gasteiger partial charge on any atom is 0.339 e. The van der Waals surface area contributed by atoms with E-state index in [0.717, 1.165) is 35.1 Å². The number of amides is 1. The molecule has 0 unspecified atom stereocenters. The second-order valence-electron chi connectivity index (χ2n) is 9.45. The van der Waals surface area contributed by atoms with Crippen molar-refractivity contribution in [3.8, 4) is 0 Å². The summed E-state index contributed by atoms with van der Waals surface area (Å²) in [5, 5.41) is 3.34. The number of sulfone groups is 1. The Hall–Kier alpha value is -4.01. The number of anilines is 1. The summed E-state index contributed by atoms with van der Waals surface area (Å²) in [5.41, 5.74) is 5.98. The van der Waals surface area contributed by atoms with Gasteiger partial charge in [-0.1, -0.05) is 59.6 Å². The van der Waals surface area contributed by atoms with E-state index in [0.29, 0.717) is 22.9 Å². The number of allylic oxidation sites excluding steroid dienone is 1. The lowest BCUT2D eigenvalue weighted by Gasteiger charge is -2.13. The van der Waals surface area contributed by atoms with Gasteiger partial charge in [0.1, 0.15) is 0 Å². The van der Waals surface area contributed by atoms with E-state index in [4.69, 9.17) is 21.3 Å². The average molecular weight is 561 g/mol. The monoisotopic (exact) mass is 560 g/mol. The molecule has 0 saturated heterocycles. The van der Waals surface area contributed by atoms with Crippen LogP contribution in [0.3, 0.4) is 0 Å². The van der Waals surface area contributed by atoms with Crippen LogP contribution in [0.2, 0.25) is 5.02 Å². The topological polar surface area (TPSA) is 102 Å². The number of carbonyl (C=O) groups is 2. The lowest BCUT2D eigenvalue weighted by molar-refractivity contribution is -0.119. The van der Waals surface area contributed by atoms with Crippen molar-refractivity contribution in [2.24, 2.45) is 0 Å². The molecule has 9 heteroatoms. The first kappa shape index (κ1) is 26.6. The lowest BCUT2D eigenvalue weighted by Crippen LogP contribution is -2.22. The van der Waals surface area contributed by atoms with Gasteiger partial charge < -0.3 is 10.1 Å². The minimum absolute atomic E-state index is 0.00695. The van der Waals surface area contributed by atoms with E-state index in [2.05, 4.69) is 23.5 Å². The molecule has 1 aliphatic rings. The molecule has 0 aliphatic heterocycles. The van der Waals surface area contributed by atoms with Gasteiger partial charge in [-0.3, -0.25) is 4.79 Å². The largest absolute Gasteiger partial charge is 0.452 e. The van der Waals surface area contributed by atoms with Crippen LogP contribution in [0.1, 0.15) is 39.2 Å². The number of esters is 1. The Morgan fingerprint density at radius 3 is 2.54 bits per heavy atom. The summed E-state index contributed by atoms with van der Waals surface area (Å²) in [6.07, 6.45) is 4.49. The number of pyridine rings is 1. The molecule has 0 radical (unpaired) electrons. The van der Waals surface area contributed by atoms with Gasteiger partial charge in [0.25, 0.3) is 5.91 Å². The Labute approximate surface area is 231 Å². The summed E-state index contributed by atoms with van der Waals surface area (Å²) in [4.78, 5) is 30.9. The molecule has 5 rings (SSSR count). The zero-order valence-electron chi connectivity index (χ0n) is 21.3. The predicted octanol–water partition coefficient (Wildman–Crippen LogP) is 5.88. The molecule has 1 aromatic heterocycles. The number of halogens is 1. The van der Waals surface area contributed by atoms with Gasteiger partial charge in [0, 0.05) is 11.6 Å². The van der Waals surface area contributed by atoms with Gasteiger partial charge in [-0.05, 0) is 66.8 Å². The second kappa shape index (κ2) is 10.6. The molecule has 3 aromatic carbocycles. The zero-order valence-corrected chi connectivity index (χ0v) is 22.9. The minimum Gasteiger partial charge on any atom is -0.452 e. The summed E-state index contributed by atoms with van der Waals surface area (Å²) in [7, 11) is -3.50. The number of fused-ring (bicyclic) bond motifs is 2. The summed E-state index contributed by atoms with van der Waals surface area (Å²) in [6, 6.07) is 19.5. The summed E-state index contributed by atoms with van der Waals surface area (Å²) in [6.45, 7) is 1.46. The number of nitrogens with one attached hydrogen (secondary N) is 1. The number of benzene rings is 3. The van der Waals surface area contributed by atoms with Crippen LogP contribution < -0.4 is 5.32 Å². The van der Waals surface area contributed by atoms with Crippen LogP contribution in [0.4, 0.5) is 5.69 Å². The molecule has 7 nitrogen and oxygen atoms in total. The molecule has 0 fully saturated rings. The molecule has 4 aromatic rings. The fourth-order valence-corrected chi connectivity index (χ4v) is 5.41. The van der Waals surface area contributed by atoms with Crippen molar-refractivity contribution in [2.45, 2.75) is 24.7 Å². The van der Waals surface area contributed by atoms with E-state index in [1.165, 1.54) is 23.8 Å². The molecule has 0 atom stereocenters. The molecular weight excluding hydrogens is 536 g/mol. The number of carbonyl (C=O) groups excluding carboxylic acids is 2. The highest BCUT2D eigenvalue weighted by Gasteiger charge is 2.28. The molecular formula is C30H25ClN2O5S. The smallest absolute Gasteiger partial charge is 0.339 e. The van der Waals surface area contributed by atoms with Crippen molar-refractivity contribution in [1.29, 1.82) is 0 Å². The van der Waals surface area contributed by atoms with Crippen molar-refractivity contribution in [3.05, 3.63) is 99.7 Å². The minimum atomic E-state index is -3.50. The molecule has 1 heterocycles. The molecule has 1 amide bonds. The third-order valence-corrected chi connectivity index (χ3v) is 7.98. The summed E-state index contributed by atoms with van der Waals surface area (Å²) in [5.74, 6) is -1.28. The van der Waals surface area contributed by atoms with Gasteiger partial charge in [-0.25, -0.2) is 18.2 Å². The van der Waals surface area contributed by atoms with E-state index < -0.39 is 28.3 Å². The molecule has 0 bridgehead atoms. The maximum absolute atomic E-state index is 13.4. The van der Waals surface area contributed by atoms with Gasteiger partial charge >= 0.3 is 5.97 Å². The van der Waals surface area contributed by atoms with E-state index in [-0.39, 0.29) is 15.6 Å². The predicted molar refractivity (Wildman–Crippen MR) is 153 cm³/mol. The first-order chi connectivity index (χ1) is 18.6. The fraction of sp³-hybridized carbons (Fsp3) is 0.167. The Morgan fingerprint density at radius 2 is 1.79 bits per heavy atom. The Balaban J connectivity index is 1.41. The number of rotatable bonds is 6. The SMILES string of the molecule is Cc1ccc(/C=C2\CCc3c2nc2ccccc2c3C(=O)OCC(=O)Nc2cc(S(C)(=O)=O)ccc2Cl)cc1. The van der Waals surface area contributed by atoms with Crippen LogP contribution in [0, 0.1) is 6.92 Å².